The zero-order valence-electron chi connectivity index (χ0n) is 7.14. The van der Waals surface area contributed by atoms with Crippen molar-refractivity contribution < 1.29 is 37.7 Å². The summed E-state index contributed by atoms with van der Waals surface area (Å²) in [6.07, 6.45) is 10.4. The van der Waals surface area contributed by atoms with Crippen LogP contribution >= 0.6 is 0 Å². The molecule has 1 rings (SSSR count). The van der Waals surface area contributed by atoms with Crippen LogP contribution in [0.4, 0.5) is 0 Å². The Hall–Kier alpha value is 0.935. The van der Waals surface area contributed by atoms with E-state index in [4.69, 9.17) is 0 Å². The van der Waals surface area contributed by atoms with E-state index in [0.717, 1.165) is 0 Å². The number of allylic oxidation sites excluding steroid dienone is 1. The van der Waals surface area contributed by atoms with Crippen LogP contribution in [-0.4, -0.2) is 0 Å². The Labute approximate surface area is 88.2 Å². The molecular formula is C8H12Li2. The summed E-state index contributed by atoms with van der Waals surface area (Å²) in [5.74, 6) is 0.670. The van der Waals surface area contributed by atoms with Crippen molar-refractivity contribution in [3.05, 3.63) is 25.5 Å². The van der Waals surface area contributed by atoms with Gasteiger partial charge in [0.05, 0.1) is 0 Å². The second-order valence-electron chi connectivity index (χ2n) is 2.24. The van der Waals surface area contributed by atoms with Crippen LogP contribution in [0.15, 0.2) is 12.7 Å². The van der Waals surface area contributed by atoms with Gasteiger partial charge >= 0.3 is 37.7 Å². The first-order valence-corrected chi connectivity index (χ1v) is 3.21. The van der Waals surface area contributed by atoms with Crippen molar-refractivity contribution >= 4 is 0 Å². The maximum Gasteiger partial charge on any atom is 1.00 e. The van der Waals surface area contributed by atoms with E-state index in [-0.39, 0.29) is 37.7 Å². The third-order valence-electron chi connectivity index (χ3n) is 1.58. The maximum absolute atomic E-state index is 3.73. The predicted octanol–water partition coefficient (Wildman–Crippen LogP) is -3.61. The fourth-order valence-electron chi connectivity index (χ4n) is 1.03. The maximum atomic E-state index is 3.73. The predicted molar refractivity (Wildman–Crippen MR) is 36.1 cm³/mol. The van der Waals surface area contributed by atoms with Gasteiger partial charge in [0.25, 0.3) is 0 Å². The van der Waals surface area contributed by atoms with Crippen LogP contribution in [-0.2, 0) is 0 Å². The Morgan fingerprint density at radius 3 is 2.30 bits per heavy atom. The molecule has 0 aromatic carbocycles. The minimum absolute atomic E-state index is 0. The Balaban J connectivity index is 0. The van der Waals surface area contributed by atoms with Gasteiger partial charge in [-0.3, -0.25) is 0 Å². The van der Waals surface area contributed by atoms with Crippen LogP contribution < -0.4 is 37.7 Å². The Morgan fingerprint density at radius 2 is 2.00 bits per heavy atom. The van der Waals surface area contributed by atoms with Crippen molar-refractivity contribution in [2.75, 3.05) is 0 Å². The first-order valence-electron chi connectivity index (χ1n) is 3.21. The standard InChI is InChI=1S/C8H12.2Li/c1-2-8-6-4-3-5-7-8;;/h2,4,7-8H,1,3,5-6H2;;/q-2;2*+1. The van der Waals surface area contributed by atoms with Crippen molar-refractivity contribution in [3.63, 3.8) is 0 Å². The summed E-state index contributed by atoms with van der Waals surface area (Å²) in [5, 5.41) is 0. The summed E-state index contributed by atoms with van der Waals surface area (Å²) in [6, 6.07) is 0. The molecule has 1 aliphatic rings. The van der Waals surface area contributed by atoms with Crippen molar-refractivity contribution in [1.29, 1.82) is 0 Å². The average molecular weight is 122 g/mol. The summed E-state index contributed by atoms with van der Waals surface area (Å²) in [4.78, 5) is 0. The number of hydrogen-bond acceptors (Lipinski definition) is 0. The zero-order valence-corrected chi connectivity index (χ0v) is 7.14. The minimum atomic E-state index is 0. The molecule has 0 heterocycles. The van der Waals surface area contributed by atoms with Gasteiger partial charge in [-0.25, -0.2) is 19.3 Å². The number of rotatable bonds is 1. The zero-order chi connectivity index (χ0) is 5.82. The molecule has 1 fully saturated rings. The molecule has 0 aliphatic heterocycles. The molecule has 0 spiro atoms. The van der Waals surface area contributed by atoms with Crippen LogP contribution in [0.1, 0.15) is 19.3 Å². The van der Waals surface area contributed by atoms with Crippen LogP contribution in [0, 0.1) is 18.8 Å². The van der Waals surface area contributed by atoms with Gasteiger partial charge in [-0.1, -0.05) is 0 Å². The summed E-state index contributed by atoms with van der Waals surface area (Å²) < 4.78 is 0. The van der Waals surface area contributed by atoms with E-state index in [2.05, 4.69) is 19.4 Å². The van der Waals surface area contributed by atoms with Crippen LogP contribution in [0.3, 0.4) is 0 Å². The molecule has 1 atom stereocenters. The minimum Gasteiger partial charge on any atom is -0.333 e. The molecule has 2 heteroatoms. The fraction of sp³-hybridized carbons (Fsp3) is 0.500. The van der Waals surface area contributed by atoms with Gasteiger partial charge in [-0.2, -0.15) is 5.92 Å². The summed E-state index contributed by atoms with van der Waals surface area (Å²) in [6.45, 7) is 3.73. The van der Waals surface area contributed by atoms with Gasteiger partial charge in [-0.15, -0.1) is 12.7 Å². The quantitative estimate of drug-likeness (QED) is 0.191. The largest absolute Gasteiger partial charge is 1.00 e. The van der Waals surface area contributed by atoms with Crippen molar-refractivity contribution in [3.8, 4) is 0 Å². The van der Waals surface area contributed by atoms with Gasteiger partial charge in [0.1, 0.15) is 0 Å². The van der Waals surface area contributed by atoms with E-state index in [9.17, 15) is 0 Å². The van der Waals surface area contributed by atoms with Gasteiger partial charge in [0.2, 0.25) is 0 Å². The van der Waals surface area contributed by atoms with Crippen LogP contribution in [0.5, 0.6) is 0 Å². The summed E-state index contributed by atoms with van der Waals surface area (Å²) in [5.41, 5.74) is 0. The van der Waals surface area contributed by atoms with E-state index in [1.807, 2.05) is 6.08 Å². The Kier molecular flexibility index (Phi) is 10.9. The molecule has 0 bridgehead atoms. The molecule has 0 nitrogen and oxygen atoms in total. The normalized spacial score (nSPS) is 23.8. The second kappa shape index (κ2) is 8.04. The summed E-state index contributed by atoms with van der Waals surface area (Å²) >= 11 is 0. The molecule has 0 amide bonds. The van der Waals surface area contributed by atoms with Crippen molar-refractivity contribution in [2.24, 2.45) is 5.92 Å². The number of hydrogen-bond donors (Lipinski definition) is 0. The van der Waals surface area contributed by atoms with E-state index >= 15 is 0 Å². The van der Waals surface area contributed by atoms with Crippen LogP contribution in [0.2, 0.25) is 0 Å². The molecule has 0 aromatic rings. The van der Waals surface area contributed by atoms with Gasteiger partial charge in [-0.05, 0) is 0 Å². The van der Waals surface area contributed by atoms with Crippen LogP contribution in [0.25, 0.3) is 0 Å². The molecule has 10 heavy (non-hydrogen) atoms. The van der Waals surface area contributed by atoms with Crippen molar-refractivity contribution in [2.45, 2.75) is 19.3 Å². The van der Waals surface area contributed by atoms with Gasteiger partial charge in [0, 0.05) is 0 Å². The summed E-state index contributed by atoms with van der Waals surface area (Å²) in [7, 11) is 0. The molecule has 1 saturated carbocycles. The third kappa shape index (κ3) is 4.70. The van der Waals surface area contributed by atoms with E-state index in [1.54, 1.807) is 0 Å². The van der Waals surface area contributed by atoms with Gasteiger partial charge in [0.15, 0.2) is 0 Å². The second-order valence-corrected chi connectivity index (χ2v) is 2.24. The Morgan fingerprint density at radius 1 is 1.30 bits per heavy atom. The average Bonchev–Trinajstić information content (AvgIpc) is 1.90. The van der Waals surface area contributed by atoms with E-state index in [1.165, 1.54) is 19.3 Å². The fourth-order valence-corrected chi connectivity index (χ4v) is 1.03. The molecule has 0 saturated heterocycles. The molecule has 1 aliphatic carbocycles. The smallest absolute Gasteiger partial charge is 0.333 e. The van der Waals surface area contributed by atoms with Gasteiger partial charge < -0.3 is 12.8 Å². The molecule has 46 valence electrons. The first kappa shape index (κ1) is 13.5. The molecule has 0 radical (unpaired) electrons. The molecule has 0 aromatic heterocycles. The molecular weight excluding hydrogens is 110 g/mol. The first-order chi connectivity index (χ1) is 3.93. The SMILES string of the molecule is C=CC1[CH-]CC[CH-]C1.[Li+].[Li+]. The van der Waals surface area contributed by atoms with E-state index in [0.29, 0.717) is 5.92 Å². The molecule has 1 unspecified atom stereocenters. The van der Waals surface area contributed by atoms with Crippen molar-refractivity contribution in [1.82, 2.24) is 0 Å². The Bertz CT molecular complexity index is 75.3. The topological polar surface area (TPSA) is 0 Å². The monoisotopic (exact) mass is 122 g/mol. The molecule has 0 N–H and O–H groups in total. The van der Waals surface area contributed by atoms with E-state index < -0.39 is 0 Å². The third-order valence-corrected chi connectivity index (χ3v) is 1.58.